The molecular weight excluding hydrogens is 240 g/mol. The number of carbonyl (C=O) groups is 1. The lowest BCUT2D eigenvalue weighted by molar-refractivity contribution is -0.128. The second-order valence-corrected chi connectivity index (χ2v) is 4.25. The Morgan fingerprint density at radius 1 is 1.59 bits per heavy atom. The van der Waals surface area contributed by atoms with Crippen molar-refractivity contribution in [2.45, 2.75) is 32.8 Å². The maximum atomic E-state index is 11.5. The Bertz CT molecular complexity index is 396. The van der Waals surface area contributed by atoms with Crippen LogP contribution in [-0.2, 0) is 4.79 Å². The molecule has 0 aliphatic carbocycles. The number of rotatable bonds is 5. The molecule has 17 heavy (non-hydrogen) atoms. The van der Waals surface area contributed by atoms with Crippen molar-refractivity contribution in [3.8, 4) is 5.75 Å². The van der Waals surface area contributed by atoms with Gasteiger partial charge in [0.2, 0.25) is 0 Å². The largest absolute Gasteiger partial charge is 0.480 e. The number of carbonyl (C=O) groups excluding carboxylic acids is 1. The van der Waals surface area contributed by atoms with Gasteiger partial charge in [0.25, 0.3) is 5.91 Å². The zero-order valence-corrected chi connectivity index (χ0v) is 10.8. The van der Waals surface area contributed by atoms with Gasteiger partial charge in [-0.25, -0.2) is 5.84 Å². The van der Waals surface area contributed by atoms with E-state index in [-0.39, 0.29) is 5.91 Å². The molecule has 0 aliphatic heterocycles. The number of ether oxygens (including phenoxy) is 1. The zero-order valence-electron chi connectivity index (χ0n) is 10.00. The van der Waals surface area contributed by atoms with Crippen LogP contribution in [-0.4, -0.2) is 12.0 Å². The molecule has 1 aromatic carbocycles. The summed E-state index contributed by atoms with van der Waals surface area (Å²) >= 11 is 5.85. The van der Waals surface area contributed by atoms with E-state index < -0.39 is 6.10 Å². The van der Waals surface area contributed by atoms with Crippen LogP contribution in [0.3, 0.4) is 0 Å². The summed E-state index contributed by atoms with van der Waals surface area (Å²) in [5.74, 6) is 5.45. The Kier molecular flexibility index (Phi) is 5.25. The molecular formula is C12H17ClN2O2. The molecule has 0 heterocycles. The summed E-state index contributed by atoms with van der Waals surface area (Å²) in [5, 5.41) is 0.644. The van der Waals surface area contributed by atoms with Crippen LogP contribution in [0.25, 0.3) is 0 Å². The van der Waals surface area contributed by atoms with E-state index in [9.17, 15) is 4.79 Å². The number of nitrogens with one attached hydrogen (secondary N) is 1. The first-order chi connectivity index (χ1) is 8.08. The summed E-state index contributed by atoms with van der Waals surface area (Å²) < 4.78 is 5.64. The Labute approximate surface area is 106 Å². The van der Waals surface area contributed by atoms with Gasteiger partial charge in [0.1, 0.15) is 5.75 Å². The van der Waals surface area contributed by atoms with Crippen LogP contribution in [0.15, 0.2) is 18.2 Å². The van der Waals surface area contributed by atoms with Crippen molar-refractivity contribution >= 4 is 17.5 Å². The maximum Gasteiger partial charge on any atom is 0.274 e. The highest BCUT2D eigenvalue weighted by atomic mass is 35.5. The average Bonchev–Trinajstić information content (AvgIpc) is 2.30. The van der Waals surface area contributed by atoms with Crippen molar-refractivity contribution in [3.05, 3.63) is 28.8 Å². The third-order valence-corrected chi connectivity index (χ3v) is 2.63. The van der Waals surface area contributed by atoms with Gasteiger partial charge in [-0.1, -0.05) is 24.9 Å². The van der Waals surface area contributed by atoms with E-state index in [1.165, 1.54) is 0 Å². The van der Waals surface area contributed by atoms with Gasteiger partial charge in [0.15, 0.2) is 6.10 Å². The van der Waals surface area contributed by atoms with Gasteiger partial charge in [-0.15, -0.1) is 0 Å². The number of amides is 1. The molecule has 1 rings (SSSR count). The number of hydrogen-bond acceptors (Lipinski definition) is 3. The quantitative estimate of drug-likeness (QED) is 0.482. The van der Waals surface area contributed by atoms with Crippen LogP contribution in [0.5, 0.6) is 5.75 Å². The minimum atomic E-state index is -0.565. The third kappa shape index (κ3) is 3.91. The molecule has 4 nitrogen and oxygen atoms in total. The van der Waals surface area contributed by atoms with E-state index in [1.807, 2.05) is 13.8 Å². The lowest BCUT2D eigenvalue weighted by atomic mass is 10.2. The number of hydrogen-bond donors (Lipinski definition) is 2. The first kappa shape index (κ1) is 13.8. The molecule has 0 saturated carbocycles. The van der Waals surface area contributed by atoms with E-state index in [2.05, 4.69) is 5.43 Å². The van der Waals surface area contributed by atoms with Crippen molar-refractivity contribution in [2.24, 2.45) is 5.84 Å². The highest BCUT2D eigenvalue weighted by Gasteiger charge is 2.19. The van der Waals surface area contributed by atoms with Crippen LogP contribution >= 0.6 is 11.6 Å². The maximum absolute atomic E-state index is 11.5. The Hall–Kier alpha value is -1.26. The summed E-state index contributed by atoms with van der Waals surface area (Å²) in [4.78, 5) is 11.5. The van der Waals surface area contributed by atoms with Gasteiger partial charge in [0.05, 0.1) is 0 Å². The van der Waals surface area contributed by atoms with Crippen molar-refractivity contribution in [1.29, 1.82) is 0 Å². The predicted octanol–water partition coefficient (Wildman–Crippen LogP) is 2.19. The molecule has 0 aromatic heterocycles. The number of aryl methyl sites for hydroxylation is 1. The van der Waals surface area contributed by atoms with E-state index in [4.69, 9.17) is 22.2 Å². The molecule has 1 aromatic rings. The van der Waals surface area contributed by atoms with Crippen LogP contribution in [0.1, 0.15) is 25.3 Å². The number of hydrazine groups is 1. The van der Waals surface area contributed by atoms with E-state index in [1.54, 1.807) is 18.2 Å². The SMILES string of the molecule is CCCC(Oc1ccc(Cl)cc1C)C(=O)NN. The summed E-state index contributed by atoms with van der Waals surface area (Å²) in [6.45, 7) is 3.86. The average molecular weight is 257 g/mol. The van der Waals surface area contributed by atoms with Crippen LogP contribution in [0, 0.1) is 6.92 Å². The van der Waals surface area contributed by atoms with E-state index >= 15 is 0 Å². The zero-order chi connectivity index (χ0) is 12.8. The van der Waals surface area contributed by atoms with Crippen LogP contribution < -0.4 is 16.0 Å². The second-order valence-electron chi connectivity index (χ2n) is 3.81. The summed E-state index contributed by atoms with van der Waals surface area (Å²) in [6.07, 6.45) is 0.889. The Morgan fingerprint density at radius 2 is 2.29 bits per heavy atom. The van der Waals surface area contributed by atoms with E-state index in [0.29, 0.717) is 17.2 Å². The van der Waals surface area contributed by atoms with Gasteiger partial charge in [-0.2, -0.15) is 0 Å². The van der Waals surface area contributed by atoms with Crippen LogP contribution in [0.2, 0.25) is 5.02 Å². The highest BCUT2D eigenvalue weighted by molar-refractivity contribution is 6.30. The normalized spacial score (nSPS) is 12.0. The first-order valence-corrected chi connectivity index (χ1v) is 5.89. The molecule has 0 fully saturated rings. The molecule has 3 N–H and O–H groups in total. The predicted molar refractivity (Wildman–Crippen MR) is 67.8 cm³/mol. The van der Waals surface area contributed by atoms with Gasteiger partial charge in [-0.3, -0.25) is 10.2 Å². The highest BCUT2D eigenvalue weighted by Crippen LogP contribution is 2.23. The smallest absolute Gasteiger partial charge is 0.274 e. The molecule has 94 valence electrons. The fourth-order valence-electron chi connectivity index (χ4n) is 1.50. The summed E-state index contributed by atoms with van der Waals surface area (Å²) in [5.41, 5.74) is 3.00. The molecule has 0 bridgehead atoms. The molecule has 0 saturated heterocycles. The molecule has 0 spiro atoms. The Balaban J connectivity index is 2.82. The van der Waals surface area contributed by atoms with Crippen molar-refractivity contribution in [3.63, 3.8) is 0 Å². The molecule has 5 heteroatoms. The van der Waals surface area contributed by atoms with Crippen molar-refractivity contribution in [2.75, 3.05) is 0 Å². The summed E-state index contributed by atoms with van der Waals surface area (Å²) in [6, 6.07) is 5.28. The lowest BCUT2D eigenvalue weighted by Crippen LogP contribution is -2.42. The van der Waals surface area contributed by atoms with Gasteiger partial charge >= 0.3 is 0 Å². The fourth-order valence-corrected chi connectivity index (χ4v) is 1.72. The van der Waals surface area contributed by atoms with Gasteiger partial charge < -0.3 is 4.74 Å². The topological polar surface area (TPSA) is 64.3 Å². The molecule has 1 atom stereocenters. The number of benzene rings is 1. The third-order valence-electron chi connectivity index (χ3n) is 2.39. The first-order valence-electron chi connectivity index (χ1n) is 5.51. The van der Waals surface area contributed by atoms with Gasteiger partial charge in [0, 0.05) is 5.02 Å². The van der Waals surface area contributed by atoms with Crippen molar-refractivity contribution < 1.29 is 9.53 Å². The minimum Gasteiger partial charge on any atom is -0.480 e. The summed E-state index contributed by atoms with van der Waals surface area (Å²) in [7, 11) is 0. The second kappa shape index (κ2) is 6.47. The number of nitrogens with two attached hydrogens (primary N) is 1. The standard InChI is InChI=1S/C12H17ClN2O2/c1-3-4-11(12(16)15-14)17-10-6-5-9(13)7-8(10)2/h5-7,11H,3-4,14H2,1-2H3,(H,15,16). The van der Waals surface area contributed by atoms with Crippen molar-refractivity contribution in [1.82, 2.24) is 5.43 Å². The van der Waals surface area contributed by atoms with Gasteiger partial charge in [-0.05, 0) is 37.1 Å². The van der Waals surface area contributed by atoms with Crippen LogP contribution in [0.4, 0.5) is 0 Å². The molecule has 0 aliphatic rings. The Morgan fingerprint density at radius 3 is 2.82 bits per heavy atom. The van der Waals surface area contributed by atoms with E-state index in [0.717, 1.165) is 12.0 Å². The molecule has 0 radical (unpaired) electrons. The fraction of sp³-hybridized carbons (Fsp3) is 0.417. The molecule has 1 amide bonds. The number of halogens is 1. The minimum absolute atomic E-state index is 0.318. The molecule has 1 unspecified atom stereocenters. The lowest BCUT2D eigenvalue weighted by Gasteiger charge is -2.18. The monoisotopic (exact) mass is 256 g/mol.